The van der Waals surface area contributed by atoms with E-state index in [0.29, 0.717) is 23.4 Å². The van der Waals surface area contributed by atoms with Crippen molar-refractivity contribution < 1.29 is 4.79 Å². The number of benzene rings is 2. The fraction of sp³-hybridized carbons (Fsp3) is 0.160. The van der Waals surface area contributed by atoms with Gasteiger partial charge in [-0.05, 0) is 42.3 Å². The van der Waals surface area contributed by atoms with Crippen LogP contribution in [0.15, 0.2) is 76.6 Å². The smallest absolute Gasteiger partial charge is 0.258 e. The molecular weight excluding hydrogens is 406 g/mol. The van der Waals surface area contributed by atoms with Gasteiger partial charge in [0.25, 0.3) is 5.56 Å². The minimum absolute atomic E-state index is 0.0677. The largest absolute Gasteiger partial charge is 0.326 e. The van der Waals surface area contributed by atoms with Gasteiger partial charge >= 0.3 is 0 Å². The topological polar surface area (TPSA) is 78.0 Å². The number of rotatable bonds is 6. The summed E-state index contributed by atoms with van der Waals surface area (Å²) in [5, 5.41) is 0.892. The van der Waals surface area contributed by atoms with Crippen LogP contribution < -0.4 is 11.3 Å². The van der Waals surface area contributed by atoms with Gasteiger partial charge in [-0.2, -0.15) is 0 Å². The lowest BCUT2D eigenvalue weighted by Crippen LogP contribution is -2.20. The molecule has 0 bridgehead atoms. The molecule has 4 aromatic rings. The summed E-state index contributed by atoms with van der Waals surface area (Å²) in [5.41, 5.74) is 10.5. The van der Waals surface area contributed by atoms with Crippen LogP contribution in [0.2, 0.25) is 0 Å². The molecule has 5 nitrogen and oxygen atoms in total. The number of Topliss-reactive ketones (excluding diaryl/α,β-unsaturated/α-hetero) is 1. The van der Waals surface area contributed by atoms with Gasteiger partial charge in [-0.1, -0.05) is 36.4 Å². The summed E-state index contributed by atoms with van der Waals surface area (Å²) < 4.78 is 1.65. The molecule has 156 valence electrons. The Kier molecular flexibility index (Phi) is 6.02. The van der Waals surface area contributed by atoms with E-state index < -0.39 is 0 Å². The Labute approximate surface area is 184 Å². The Morgan fingerprint density at radius 1 is 1.06 bits per heavy atom. The molecule has 2 heterocycles. The van der Waals surface area contributed by atoms with Crippen LogP contribution in [0.25, 0.3) is 22.0 Å². The Bertz CT molecular complexity index is 1330. The maximum absolute atomic E-state index is 13.2. The third-order valence-corrected chi connectivity index (χ3v) is 6.30. The molecule has 2 N–H and O–H groups in total. The van der Waals surface area contributed by atoms with E-state index in [4.69, 9.17) is 5.73 Å². The van der Waals surface area contributed by atoms with Gasteiger partial charge in [-0.15, -0.1) is 11.8 Å². The first-order valence-electron chi connectivity index (χ1n) is 9.98. The van der Waals surface area contributed by atoms with Gasteiger partial charge in [-0.25, -0.2) is 0 Å². The molecule has 0 aliphatic rings. The monoisotopic (exact) mass is 429 g/mol. The lowest BCUT2D eigenvalue weighted by atomic mass is 9.99. The van der Waals surface area contributed by atoms with E-state index in [1.165, 1.54) is 11.8 Å². The lowest BCUT2D eigenvalue weighted by Gasteiger charge is -2.13. The zero-order valence-electron chi connectivity index (χ0n) is 17.5. The number of thioether (sulfide) groups is 1. The average Bonchev–Trinajstić information content (AvgIpc) is 2.80. The molecule has 0 radical (unpaired) electrons. The van der Waals surface area contributed by atoms with E-state index in [9.17, 15) is 9.59 Å². The van der Waals surface area contributed by atoms with E-state index in [-0.39, 0.29) is 11.3 Å². The van der Waals surface area contributed by atoms with Crippen molar-refractivity contribution >= 4 is 28.4 Å². The summed E-state index contributed by atoms with van der Waals surface area (Å²) >= 11 is 1.46. The number of nitrogens with two attached hydrogens (primary N) is 1. The number of fused-ring (bicyclic) bond motifs is 1. The van der Waals surface area contributed by atoms with Crippen molar-refractivity contribution in [2.75, 3.05) is 5.75 Å². The van der Waals surface area contributed by atoms with Crippen LogP contribution in [-0.4, -0.2) is 21.1 Å². The van der Waals surface area contributed by atoms with Crippen LogP contribution in [0.1, 0.15) is 21.6 Å². The van der Waals surface area contributed by atoms with Crippen LogP contribution in [0, 0.1) is 6.92 Å². The van der Waals surface area contributed by atoms with Crippen molar-refractivity contribution in [3.8, 4) is 11.1 Å². The highest BCUT2D eigenvalue weighted by Gasteiger charge is 2.14. The highest BCUT2D eigenvalue weighted by Crippen LogP contribution is 2.29. The van der Waals surface area contributed by atoms with Crippen LogP contribution in [0.5, 0.6) is 0 Å². The van der Waals surface area contributed by atoms with Gasteiger partial charge < -0.3 is 10.3 Å². The van der Waals surface area contributed by atoms with Crippen molar-refractivity contribution in [2.45, 2.75) is 18.4 Å². The number of carbonyl (C=O) groups is 1. The molecule has 0 aliphatic carbocycles. The average molecular weight is 430 g/mol. The molecule has 0 atom stereocenters. The molecule has 0 saturated heterocycles. The molecule has 2 aromatic heterocycles. The molecule has 4 rings (SSSR count). The first-order valence-corrected chi connectivity index (χ1v) is 11.0. The summed E-state index contributed by atoms with van der Waals surface area (Å²) in [6.45, 7) is 2.22. The predicted molar refractivity (Wildman–Crippen MR) is 127 cm³/mol. The highest BCUT2D eigenvalue weighted by atomic mass is 32.2. The van der Waals surface area contributed by atoms with E-state index in [2.05, 4.69) is 4.98 Å². The van der Waals surface area contributed by atoms with E-state index in [1.54, 1.807) is 17.8 Å². The molecule has 0 spiro atoms. The maximum atomic E-state index is 13.2. The Morgan fingerprint density at radius 2 is 1.84 bits per heavy atom. The first-order chi connectivity index (χ1) is 15.0. The Balaban J connectivity index is 1.72. The Hall–Kier alpha value is -3.22. The number of hydrogen-bond donors (Lipinski definition) is 1. The van der Waals surface area contributed by atoms with E-state index >= 15 is 0 Å². The Morgan fingerprint density at radius 3 is 2.58 bits per heavy atom. The summed E-state index contributed by atoms with van der Waals surface area (Å²) in [6.07, 6.45) is 1.78. The summed E-state index contributed by atoms with van der Waals surface area (Å²) in [4.78, 5) is 30.9. The molecule has 0 unspecified atom stereocenters. The number of aromatic nitrogens is 2. The van der Waals surface area contributed by atoms with Crippen LogP contribution >= 0.6 is 11.8 Å². The molecule has 0 saturated carbocycles. The van der Waals surface area contributed by atoms with Crippen LogP contribution in [0.4, 0.5) is 0 Å². The second kappa shape index (κ2) is 8.88. The zero-order chi connectivity index (χ0) is 22.0. The van der Waals surface area contributed by atoms with Crippen LogP contribution in [0.3, 0.4) is 0 Å². The van der Waals surface area contributed by atoms with Crippen LogP contribution in [-0.2, 0) is 13.6 Å². The summed E-state index contributed by atoms with van der Waals surface area (Å²) in [6, 6.07) is 18.9. The normalized spacial score (nSPS) is 11.1. The number of aryl methyl sites for hydroxylation is 2. The molecule has 0 amide bonds. The third-order valence-electron chi connectivity index (χ3n) is 5.30. The minimum atomic E-state index is -0.0877. The SMILES string of the molecule is Cc1cc2c(cn1)cc(-c1cc(SCC(=O)c3ccccc3)ccc1CN)c(=O)n2C. The second-order valence-corrected chi connectivity index (χ2v) is 8.46. The predicted octanol–water partition coefficient (Wildman–Crippen LogP) is 4.34. The molecular formula is C25H23N3O2S. The number of carbonyl (C=O) groups excluding carboxylic acids is 1. The molecule has 0 aliphatic heterocycles. The fourth-order valence-electron chi connectivity index (χ4n) is 3.59. The molecule has 31 heavy (non-hydrogen) atoms. The standard InChI is InChI=1S/C25H23N3O2S/c1-16-10-23-19(14-27-16)11-22(25(30)28(23)2)21-12-20(9-8-18(21)13-26)31-15-24(29)17-6-4-3-5-7-17/h3-12,14H,13,15,26H2,1-2H3. The van der Waals surface area contributed by atoms with Gasteiger partial charge in [0.2, 0.25) is 0 Å². The molecule has 6 heteroatoms. The van der Waals surface area contributed by atoms with E-state index in [0.717, 1.165) is 32.6 Å². The van der Waals surface area contributed by atoms with Gasteiger partial charge in [-0.3, -0.25) is 14.6 Å². The van der Waals surface area contributed by atoms with Gasteiger partial charge in [0.15, 0.2) is 5.78 Å². The third kappa shape index (κ3) is 4.31. The summed E-state index contributed by atoms with van der Waals surface area (Å²) in [7, 11) is 1.77. The molecule has 2 aromatic carbocycles. The second-order valence-electron chi connectivity index (χ2n) is 7.41. The first kappa shape index (κ1) is 21.0. The quantitative estimate of drug-likeness (QED) is 0.364. The minimum Gasteiger partial charge on any atom is -0.326 e. The maximum Gasteiger partial charge on any atom is 0.258 e. The van der Waals surface area contributed by atoms with Gasteiger partial charge in [0.05, 0.1) is 11.3 Å². The number of pyridine rings is 2. The number of ketones is 1. The molecule has 0 fully saturated rings. The summed E-state index contributed by atoms with van der Waals surface area (Å²) in [5.74, 6) is 0.391. The van der Waals surface area contributed by atoms with Crippen molar-refractivity contribution in [2.24, 2.45) is 12.8 Å². The van der Waals surface area contributed by atoms with Crippen molar-refractivity contribution in [1.82, 2.24) is 9.55 Å². The van der Waals surface area contributed by atoms with Gasteiger partial charge in [0.1, 0.15) is 0 Å². The fourth-order valence-corrected chi connectivity index (χ4v) is 4.42. The lowest BCUT2D eigenvalue weighted by molar-refractivity contribution is 0.102. The zero-order valence-corrected chi connectivity index (χ0v) is 18.3. The van der Waals surface area contributed by atoms with Crippen molar-refractivity contribution in [3.05, 3.63) is 94.0 Å². The van der Waals surface area contributed by atoms with Gasteiger partial charge in [0, 0.05) is 46.9 Å². The van der Waals surface area contributed by atoms with E-state index in [1.807, 2.05) is 67.6 Å². The van der Waals surface area contributed by atoms with Crippen molar-refractivity contribution in [3.63, 3.8) is 0 Å². The van der Waals surface area contributed by atoms with Crippen molar-refractivity contribution in [1.29, 1.82) is 0 Å². The number of hydrogen-bond acceptors (Lipinski definition) is 5. The highest BCUT2D eigenvalue weighted by molar-refractivity contribution is 8.00. The number of nitrogens with zero attached hydrogens (tertiary/aromatic N) is 2.